The molecule has 0 saturated carbocycles. The fourth-order valence-electron chi connectivity index (χ4n) is 6.75. The normalized spacial score (nSPS) is 10.9. The van der Waals surface area contributed by atoms with Gasteiger partial charge in [0.2, 0.25) is 11.0 Å². The summed E-state index contributed by atoms with van der Waals surface area (Å²) in [4.78, 5) is 27.9. The zero-order chi connectivity index (χ0) is 37.2. The van der Waals surface area contributed by atoms with Gasteiger partial charge in [0.15, 0.2) is 11.4 Å². The number of carbonyl (C=O) groups is 2. The molecule has 2 heterocycles. The first-order valence-electron chi connectivity index (χ1n) is 20.8. The number of hydrogen-bond donors (Lipinski definition) is 0. The van der Waals surface area contributed by atoms with Crippen LogP contribution in [0.25, 0.3) is 0 Å². The molecule has 0 fully saturated rings. The summed E-state index contributed by atoms with van der Waals surface area (Å²) >= 11 is 3.49. The Morgan fingerprint density at radius 2 is 0.796 bits per heavy atom. The number of nitrogens with zero attached hydrogens (tertiary/aromatic N) is 2. The number of aromatic nitrogens is 2. The zero-order valence-electron chi connectivity index (χ0n) is 33.9. The number of benzene rings is 1. The Morgan fingerprint density at radius 3 is 1.11 bits per heavy atom. The van der Waals surface area contributed by atoms with Gasteiger partial charge in [0.05, 0.1) is 34.1 Å². The molecule has 0 amide bonds. The molecule has 0 unspecified atom stereocenters. The molecule has 10 heteroatoms. The first-order chi connectivity index (χ1) is 25.4. The van der Waals surface area contributed by atoms with Crippen molar-refractivity contribution in [3.63, 3.8) is 0 Å². The van der Waals surface area contributed by atoms with Crippen LogP contribution >= 0.6 is 22.7 Å². The van der Waals surface area contributed by atoms with E-state index < -0.39 is 0 Å². The van der Waals surface area contributed by atoms with Crippen LogP contribution in [-0.2, 0) is 35.4 Å². The van der Waals surface area contributed by atoms with E-state index in [1.165, 1.54) is 150 Å². The molecule has 1 aromatic carbocycles. The third kappa shape index (κ3) is 20.0. The summed E-state index contributed by atoms with van der Waals surface area (Å²) in [5.41, 5.74) is 7.84. The van der Waals surface area contributed by atoms with Gasteiger partial charge in [-0.05, 0) is 37.1 Å². The molecule has 0 aliphatic rings. The molecule has 306 valence electrons. The summed E-state index contributed by atoms with van der Waals surface area (Å²) < 4.78 is 15.9. The van der Waals surface area contributed by atoms with Crippen LogP contribution in [0.4, 0.5) is 0 Å². The molecule has 54 heavy (non-hydrogen) atoms. The van der Waals surface area contributed by atoms with Gasteiger partial charge in [-0.2, -0.15) is 9.13 Å². The molecule has 0 saturated heterocycles. The first-order valence-corrected chi connectivity index (χ1v) is 22.6. The van der Waals surface area contributed by atoms with E-state index in [2.05, 4.69) is 47.9 Å². The van der Waals surface area contributed by atoms with Crippen molar-refractivity contribution in [2.45, 2.75) is 182 Å². The smallest absolute Gasteiger partial charge is 0.338 e. The second kappa shape index (κ2) is 31.5. The Labute approximate surface area is 357 Å². The van der Waals surface area contributed by atoms with Gasteiger partial charge in [-0.25, -0.2) is 9.59 Å². The molecule has 0 aliphatic heterocycles. The van der Waals surface area contributed by atoms with Crippen LogP contribution in [0, 0.1) is 13.8 Å². The van der Waals surface area contributed by atoms with Gasteiger partial charge in [0.25, 0.3) is 0 Å². The highest BCUT2D eigenvalue weighted by Crippen LogP contribution is 2.17. The highest BCUT2D eigenvalue weighted by atomic mass is 79.9. The van der Waals surface area contributed by atoms with Gasteiger partial charge in [-0.1, -0.05) is 139 Å². The maximum absolute atomic E-state index is 12.7. The van der Waals surface area contributed by atoms with Gasteiger partial charge in [-0.15, -0.1) is 0 Å². The van der Waals surface area contributed by atoms with Crippen LogP contribution in [0.3, 0.4) is 0 Å². The van der Waals surface area contributed by atoms with Crippen LogP contribution < -0.4 is 43.1 Å². The van der Waals surface area contributed by atoms with Crippen molar-refractivity contribution in [3.05, 3.63) is 67.6 Å². The third-order valence-electron chi connectivity index (χ3n) is 10.3. The predicted octanol–water partition coefficient (Wildman–Crippen LogP) is 5.65. The van der Waals surface area contributed by atoms with E-state index in [9.17, 15) is 9.59 Å². The maximum atomic E-state index is 12.7. The van der Waals surface area contributed by atoms with E-state index in [0.29, 0.717) is 37.2 Å². The minimum Gasteiger partial charge on any atom is -1.00 e. The number of unbranched alkanes of at least 4 members (excludes halogenated alkanes) is 18. The molecule has 0 radical (unpaired) electrons. The first kappa shape index (κ1) is 50.4. The van der Waals surface area contributed by atoms with Crippen molar-refractivity contribution >= 4 is 34.6 Å². The molecule has 0 atom stereocenters. The van der Waals surface area contributed by atoms with Crippen LogP contribution in [0.15, 0.2) is 35.3 Å². The van der Waals surface area contributed by atoms with Crippen LogP contribution in [0.5, 0.6) is 0 Å². The van der Waals surface area contributed by atoms with E-state index in [-0.39, 0.29) is 45.9 Å². The molecule has 0 aliphatic carbocycles. The summed E-state index contributed by atoms with van der Waals surface area (Å²) in [6, 6.07) is 6.59. The number of halogens is 2. The largest absolute Gasteiger partial charge is 1.00 e. The number of aryl methyl sites for hydroxylation is 2. The maximum Gasteiger partial charge on any atom is 0.338 e. The highest BCUT2D eigenvalue weighted by molar-refractivity contribution is 7.09. The fraction of sp³-hybridized carbons (Fsp3) is 0.682. The summed E-state index contributed by atoms with van der Waals surface area (Å²) in [6.07, 6.45) is 28.3. The topological polar surface area (TPSA) is 60.4 Å². The number of thiazole rings is 2. The Bertz CT molecular complexity index is 1300. The van der Waals surface area contributed by atoms with Gasteiger partial charge >= 0.3 is 11.9 Å². The number of rotatable bonds is 30. The van der Waals surface area contributed by atoms with Crippen molar-refractivity contribution in [2.24, 2.45) is 0 Å². The molecule has 2 aromatic heterocycles. The quantitative estimate of drug-likeness (QED) is 0.0494. The lowest BCUT2D eigenvalue weighted by molar-refractivity contribution is -0.698. The van der Waals surface area contributed by atoms with E-state index in [0.717, 1.165) is 13.1 Å². The lowest BCUT2D eigenvalue weighted by atomic mass is 10.1. The van der Waals surface area contributed by atoms with Crippen molar-refractivity contribution in [2.75, 3.05) is 13.2 Å². The summed E-state index contributed by atoms with van der Waals surface area (Å²) in [7, 11) is 0. The Hall–Kier alpha value is -1.62. The SMILES string of the molecule is CCCCCCCCCCCC[n+]1csc(CCOC(=O)c2ccc(C(=O)OCCc3sc[n+](CCCCCCCCCCCC)c3C)cc2)c1C.[Br-].[Br-]. The zero-order valence-corrected chi connectivity index (χ0v) is 38.8. The molecular formula is C44H70Br2N2O4S2. The Balaban J connectivity index is 0.00000729. The van der Waals surface area contributed by atoms with Crippen molar-refractivity contribution < 1.29 is 62.2 Å². The second-order valence-corrected chi connectivity index (χ2v) is 16.4. The average molecular weight is 915 g/mol. The number of carbonyl (C=O) groups excluding carboxylic acids is 2. The fourth-order valence-corrected chi connectivity index (χ4v) is 8.76. The predicted molar refractivity (Wildman–Crippen MR) is 217 cm³/mol. The van der Waals surface area contributed by atoms with Crippen molar-refractivity contribution in [3.8, 4) is 0 Å². The van der Waals surface area contributed by atoms with Gasteiger partial charge in [0, 0.05) is 39.5 Å². The van der Waals surface area contributed by atoms with E-state index >= 15 is 0 Å². The van der Waals surface area contributed by atoms with Crippen molar-refractivity contribution in [1.29, 1.82) is 0 Å². The summed E-state index contributed by atoms with van der Waals surface area (Å²) in [6.45, 7) is 11.7. The van der Waals surface area contributed by atoms with Crippen LogP contribution in [0.2, 0.25) is 0 Å². The molecule has 6 nitrogen and oxygen atoms in total. The van der Waals surface area contributed by atoms with Gasteiger partial charge in [-0.3, -0.25) is 0 Å². The summed E-state index contributed by atoms with van der Waals surface area (Å²) in [5, 5.41) is 0. The molecule has 3 rings (SSSR count). The molecule has 3 aromatic rings. The number of esters is 2. The Kier molecular flexibility index (Phi) is 29.4. The van der Waals surface area contributed by atoms with Crippen LogP contribution in [-0.4, -0.2) is 25.2 Å². The van der Waals surface area contributed by atoms with Crippen LogP contribution in [0.1, 0.15) is 184 Å². The Morgan fingerprint density at radius 1 is 0.500 bits per heavy atom. The molecular weight excluding hydrogens is 844 g/mol. The van der Waals surface area contributed by atoms with E-state index in [4.69, 9.17) is 9.47 Å². The van der Waals surface area contributed by atoms with Gasteiger partial charge < -0.3 is 43.4 Å². The van der Waals surface area contributed by atoms with Crippen molar-refractivity contribution in [1.82, 2.24) is 0 Å². The number of ether oxygens (including phenoxy) is 2. The van der Waals surface area contributed by atoms with E-state index in [1.807, 2.05) is 0 Å². The second-order valence-electron chi connectivity index (χ2n) is 14.6. The van der Waals surface area contributed by atoms with E-state index in [1.54, 1.807) is 46.9 Å². The standard InChI is InChI=1S/C44H70N2O4S2.2BrH/c1-5-7-9-11-13-15-17-19-21-23-31-45-35-51-41(37(45)3)29-33-49-43(47)39-25-27-40(28-26-39)44(48)50-34-30-42-38(4)46(36-52-42)32-24-22-20-18-16-14-12-10-8-6-2;;/h25-28,35-36H,5-24,29-34H2,1-4H3;2*1H/q+2;;/p-2. The molecule has 0 spiro atoms. The minimum atomic E-state index is -0.369. The lowest BCUT2D eigenvalue weighted by Gasteiger charge is -2.06. The molecule has 0 N–H and O–H groups in total. The molecule has 0 bridgehead atoms. The third-order valence-corrected chi connectivity index (χ3v) is 12.6. The number of hydrogen-bond acceptors (Lipinski definition) is 6. The minimum absolute atomic E-state index is 0. The highest BCUT2D eigenvalue weighted by Gasteiger charge is 2.18. The average Bonchev–Trinajstić information content (AvgIpc) is 3.69. The van der Waals surface area contributed by atoms with Gasteiger partial charge in [0.1, 0.15) is 13.1 Å². The lowest BCUT2D eigenvalue weighted by Crippen LogP contribution is -3.00. The monoisotopic (exact) mass is 912 g/mol. The summed E-state index contributed by atoms with van der Waals surface area (Å²) in [5.74, 6) is -0.738.